The number of benzene rings is 4. The van der Waals surface area contributed by atoms with Gasteiger partial charge in [0, 0.05) is 44.2 Å². The molecule has 0 amide bonds. The maximum Gasteiger partial charge on any atom is 0.338 e. The van der Waals surface area contributed by atoms with Gasteiger partial charge in [-0.1, -0.05) is 102 Å². The van der Waals surface area contributed by atoms with Crippen LogP contribution in [0.1, 0.15) is 40.9 Å². The zero-order valence-electron chi connectivity index (χ0n) is 26.6. The van der Waals surface area contributed by atoms with E-state index in [1.165, 1.54) is 11.3 Å². The molecule has 1 atom stereocenters. The average molecular weight is 690 g/mol. The summed E-state index contributed by atoms with van der Waals surface area (Å²) in [5.41, 5.74) is 6.26. The van der Waals surface area contributed by atoms with Gasteiger partial charge in [0.25, 0.3) is 5.56 Å². The van der Waals surface area contributed by atoms with Crippen molar-refractivity contribution in [2.75, 3.05) is 12.9 Å². The summed E-state index contributed by atoms with van der Waals surface area (Å²) >= 11 is 9.53. The second-order valence-corrected chi connectivity index (χ2v) is 13.7. The largest absolute Gasteiger partial charge is 0.463 e. The van der Waals surface area contributed by atoms with Gasteiger partial charge in [-0.2, -0.15) is 0 Å². The molecule has 1 aliphatic rings. The van der Waals surface area contributed by atoms with Crippen molar-refractivity contribution in [1.29, 1.82) is 0 Å². The summed E-state index contributed by atoms with van der Waals surface area (Å²) in [7, 11) is 0. The third-order valence-corrected chi connectivity index (χ3v) is 10.7. The third kappa shape index (κ3) is 5.74. The molecular formula is C39H32ClN3O3S2. The van der Waals surface area contributed by atoms with Crippen molar-refractivity contribution in [2.24, 2.45) is 4.99 Å². The number of fused-ring (bicyclic) bond motifs is 2. The molecule has 3 heterocycles. The molecule has 0 fully saturated rings. The minimum atomic E-state index is -0.726. The van der Waals surface area contributed by atoms with Crippen LogP contribution < -0.4 is 14.9 Å². The van der Waals surface area contributed by atoms with Crippen LogP contribution in [0.25, 0.3) is 22.7 Å². The number of halogens is 1. The van der Waals surface area contributed by atoms with Crippen molar-refractivity contribution in [1.82, 2.24) is 9.13 Å². The Morgan fingerprint density at radius 3 is 2.42 bits per heavy atom. The number of thiazole rings is 1. The van der Waals surface area contributed by atoms with Crippen LogP contribution in [0.3, 0.4) is 0 Å². The molecule has 0 bridgehead atoms. The molecule has 1 aliphatic heterocycles. The van der Waals surface area contributed by atoms with Gasteiger partial charge in [-0.05, 0) is 61.6 Å². The zero-order chi connectivity index (χ0) is 33.4. The predicted molar refractivity (Wildman–Crippen MR) is 197 cm³/mol. The van der Waals surface area contributed by atoms with E-state index in [9.17, 15) is 9.59 Å². The van der Waals surface area contributed by atoms with Gasteiger partial charge in [0.2, 0.25) is 0 Å². The molecule has 0 aliphatic carbocycles. The number of hydrogen-bond donors (Lipinski definition) is 0. The number of hydrogen-bond acceptors (Lipinski definition) is 6. The van der Waals surface area contributed by atoms with Crippen LogP contribution in [-0.4, -0.2) is 28.0 Å². The molecule has 240 valence electrons. The van der Waals surface area contributed by atoms with E-state index in [1.54, 1.807) is 23.3 Å². The Morgan fingerprint density at radius 2 is 1.69 bits per heavy atom. The highest BCUT2D eigenvalue weighted by Crippen LogP contribution is 2.36. The monoisotopic (exact) mass is 689 g/mol. The SMILES string of the molecule is CCOC(=O)C1=C(c2ccccc2)N=c2sc(=Cc3c(C)n(Cc4ccccc4Cl)c4ccccc34)c(=O)n2[C@@H]1c1ccc(SC)cc1. The zero-order valence-corrected chi connectivity index (χ0v) is 29.0. The van der Waals surface area contributed by atoms with E-state index >= 15 is 0 Å². The fourth-order valence-corrected chi connectivity index (χ4v) is 7.90. The van der Waals surface area contributed by atoms with Gasteiger partial charge in [-0.25, -0.2) is 9.79 Å². The van der Waals surface area contributed by atoms with Crippen molar-refractivity contribution in [3.63, 3.8) is 0 Å². The van der Waals surface area contributed by atoms with Crippen molar-refractivity contribution in [3.8, 4) is 0 Å². The number of aromatic nitrogens is 2. The molecule has 2 aromatic heterocycles. The van der Waals surface area contributed by atoms with Crippen LogP contribution in [-0.2, 0) is 16.1 Å². The van der Waals surface area contributed by atoms with Crippen LogP contribution in [0.5, 0.6) is 0 Å². The molecule has 0 spiro atoms. The molecule has 0 radical (unpaired) electrons. The van der Waals surface area contributed by atoms with Gasteiger partial charge >= 0.3 is 5.97 Å². The second kappa shape index (κ2) is 13.5. The average Bonchev–Trinajstić information content (AvgIpc) is 3.57. The number of para-hydroxylation sites is 1. The summed E-state index contributed by atoms with van der Waals surface area (Å²) in [5.74, 6) is -0.494. The maximum atomic E-state index is 14.6. The summed E-state index contributed by atoms with van der Waals surface area (Å²) in [6.45, 7) is 4.64. The molecule has 0 unspecified atom stereocenters. The molecule has 0 saturated heterocycles. The summed E-state index contributed by atoms with van der Waals surface area (Å²) in [6.07, 6.45) is 3.98. The second-order valence-electron chi connectivity index (χ2n) is 11.4. The first-order chi connectivity index (χ1) is 23.4. The number of carbonyl (C=O) groups excluding carboxylic acids is 1. The third-order valence-electron chi connectivity index (χ3n) is 8.65. The minimum Gasteiger partial charge on any atom is -0.463 e. The molecule has 0 saturated carbocycles. The Bertz CT molecular complexity index is 2390. The Balaban J connectivity index is 1.47. The van der Waals surface area contributed by atoms with E-state index < -0.39 is 12.0 Å². The standard InChI is InChI=1S/C39H32ClN3O3S2/c1-4-46-38(45)34-35(25-12-6-5-7-13-25)41-39-43(36(34)26-18-20-28(47-3)21-19-26)37(44)33(48-39)22-30-24(2)42(32-17-11-9-15-29(30)32)23-27-14-8-10-16-31(27)40/h5-22,36H,4,23H2,1-3H3/t36-/m1/s1. The quantitative estimate of drug-likeness (QED) is 0.122. The van der Waals surface area contributed by atoms with Crippen molar-refractivity contribution in [2.45, 2.75) is 31.3 Å². The first-order valence-corrected chi connectivity index (χ1v) is 18.0. The molecular weight excluding hydrogens is 658 g/mol. The summed E-state index contributed by atoms with van der Waals surface area (Å²) < 4.78 is 10.0. The fraction of sp³-hybridized carbons (Fsp3) is 0.154. The van der Waals surface area contributed by atoms with E-state index in [2.05, 4.69) is 23.6 Å². The lowest BCUT2D eigenvalue weighted by atomic mass is 9.93. The number of ether oxygens (including phenoxy) is 1. The Morgan fingerprint density at radius 1 is 0.979 bits per heavy atom. The highest BCUT2D eigenvalue weighted by Gasteiger charge is 2.35. The molecule has 48 heavy (non-hydrogen) atoms. The minimum absolute atomic E-state index is 0.199. The van der Waals surface area contributed by atoms with Crippen LogP contribution in [0.4, 0.5) is 0 Å². The topological polar surface area (TPSA) is 65.6 Å². The van der Waals surface area contributed by atoms with E-state index in [0.717, 1.165) is 43.7 Å². The molecule has 4 aromatic carbocycles. The first kappa shape index (κ1) is 31.9. The van der Waals surface area contributed by atoms with Crippen LogP contribution >= 0.6 is 34.7 Å². The van der Waals surface area contributed by atoms with Gasteiger partial charge in [0.1, 0.15) is 0 Å². The number of carbonyl (C=O) groups is 1. The van der Waals surface area contributed by atoms with Gasteiger partial charge in [0.15, 0.2) is 4.80 Å². The van der Waals surface area contributed by atoms with Crippen LogP contribution in [0.2, 0.25) is 5.02 Å². The Hall–Kier alpha value is -4.63. The molecule has 7 rings (SSSR count). The summed E-state index contributed by atoms with van der Waals surface area (Å²) in [6, 6.07) is 32.9. The number of nitrogens with zero attached hydrogens (tertiary/aromatic N) is 3. The van der Waals surface area contributed by atoms with Crippen molar-refractivity contribution >= 4 is 63.3 Å². The lowest BCUT2D eigenvalue weighted by Gasteiger charge is -2.26. The van der Waals surface area contributed by atoms with Gasteiger partial charge in [-0.3, -0.25) is 9.36 Å². The lowest BCUT2D eigenvalue weighted by molar-refractivity contribution is -0.138. The van der Waals surface area contributed by atoms with E-state index in [-0.39, 0.29) is 12.2 Å². The van der Waals surface area contributed by atoms with Gasteiger partial charge in [0.05, 0.1) is 28.5 Å². The lowest BCUT2D eigenvalue weighted by Crippen LogP contribution is -2.40. The number of thioether (sulfide) groups is 1. The Kier molecular flexibility index (Phi) is 8.96. The molecule has 9 heteroatoms. The highest BCUT2D eigenvalue weighted by molar-refractivity contribution is 7.98. The first-order valence-electron chi connectivity index (χ1n) is 15.6. The normalized spacial score (nSPS) is 14.7. The van der Waals surface area contributed by atoms with Crippen LogP contribution in [0.15, 0.2) is 123 Å². The van der Waals surface area contributed by atoms with Gasteiger partial charge < -0.3 is 9.30 Å². The maximum absolute atomic E-state index is 14.6. The fourth-order valence-electron chi connectivity index (χ4n) is 6.31. The van der Waals surface area contributed by atoms with E-state index in [4.69, 9.17) is 21.3 Å². The molecule has 6 nitrogen and oxygen atoms in total. The smallest absolute Gasteiger partial charge is 0.338 e. The summed E-state index contributed by atoms with van der Waals surface area (Å²) in [4.78, 5) is 35.0. The summed E-state index contributed by atoms with van der Waals surface area (Å²) in [5, 5.41) is 1.75. The van der Waals surface area contributed by atoms with Crippen molar-refractivity contribution < 1.29 is 9.53 Å². The predicted octanol–water partition coefficient (Wildman–Crippen LogP) is 7.62. The Labute approximate surface area is 291 Å². The molecule has 0 N–H and O–H groups in total. The van der Waals surface area contributed by atoms with Gasteiger partial charge in [-0.15, -0.1) is 11.8 Å². The van der Waals surface area contributed by atoms with E-state index in [1.807, 2.05) is 103 Å². The van der Waals surface area contributed by atoms with Crippen molar-refractivity contribution in [3.05, 3.63) is 161 Å². The van der Waals surface area contributed by atoms with Crippen LogP contribution in [0, 0.1) is 6.92 Å². The highest BCUT2D eigenvalue weighted by atomic mass is 35.5. The number of esters is 1. The molecule has 6 aromatic rings. The number of rotatable bonds is 8. The van der Waals surface area contributed by atoms with E-state index in [0.29, 0.717) is 32.2 Å².